The van der Waals surface area contributed by atoms with Gasteiger partial charge in [0.1, 0.15) is 0 Å². The first kappa shape index (κ1) is 7.08. The van der Waals surface area contributed by atoms with E-state index in [2.05, 4.69) is 5.92 Å². The molecule has 0 saturated carbocycles. The van der Waals surface area contributed by atoms with Gasteiger partial charge in [-0.25, -0.2) is 0 Å². The van der Waals surface area contributed by atoms with Crippen LogP contribution in [0.3, 0.4) is 0 Å². The van der Waals surface area contributed by atoms with Gasteiger partial charge in [0, 0.05) is 13.9 Å². The van der Waals surface area contributed by atoms with Gasteiger partial charge >= 0.3 is 0 Å². The molecule has 0 bridgehead atoms. The van der Waals surface area contributed by atoms with E-state index < -0.39 is 8.00 Å². The van der Waals surface area contributed by atoms with Crippen LogP contribution in [0.15, 0.2) is 0 Å². The van der Waals surface area contributed by atoms with Crippen molar-refractivity contribution in [3.8, 4) is 12.3 Å². The molecule has 0 aliphatic carbocycles. The van der Waals surface area contributed by atoms with Crippen LogP contribution >= 0.6 is 21.6 Å². The molecule has 0 radical (unpaired) electrons. The van der Waals surface area contributed by atoms with Crippen molar-refractivity contribution in [2.75, 3.05) is 0 Å². The molecule has 2 aliphatic heterocycles. The maximum absolute atomic E-state index is 11.2. The summed E-state index contributed by atoms with van der Waals surface area (Å²) in [4.78, 5) is 0. The van der Waals surface area contributed by atoms with Crippen LogP contribution < -0.4 is 0 Å². The zero-order valence-electron chi connectivity index (χ0n) is 5.53. The molecule has 0 N–H and O–H groups in total. The first-order chi connectivity index (χ1) is 4.62. The summed E-state index contributed by atoms with van der Waals surface area (Å²) >= 11 is 0. The number of terminal acetylenes is 1. The van der Waals surface area contributed by atoms with E-state index >= 15 is 0 Å². The first-order valence-corrected chi connectivity index (χ1v) is 7.65. The predicted octanol–water partition coefficient (Wildman–Crippen LogP) is 1.64. The molecule has 2 rings (SSSR count). The average molecular weight is 192 g/mol. The number of fused-ring (bicyclic) bond motifs is 1. The van der Waals surface area contributed by atoms with Crippen molar-refractivity contribution in [3.63, 3.8) is 0 Å². The van der Waals surface area contributed by atoms with E-state index in [0.29, 0.717) is 5.92 Å². The summed E-state index contributed by atoms with van der Waals surface area (Å²) < 4.78 is 11.4. The maximum Gasteiger partial charge on any atom is 0.154 e. The van der Waals surface area contributed by atoms with Gasteiger partial charge in [-0.2, -0.15) is 0 Å². The second-order valence-electron chi connectivity index (χ2n) is 2.66. The molecular weight excluding hydrogens is 184 g/mol. The van der Waals surface area contributed by atoms with Crippen molar-refractivity contribution >= 4 is 29.6 Å². The Hall–Kier alpha value is 0.410. The van der Waals surface area contributed by atoms with Crippen molar-refractivity contribution in [2.24, 2.45) is 5.92 Å². The smallest absolute Gasteiger partial charge is 0.154 e. The monoisotopic (exact) mass is 192 g/mol. The number of rotatable bonds is 2. The van der Waals surface area contributed by atoms with Crippen LogP contribution in [0, 0.1) is 18.3 Å². The minimum absolute atomic E-state index is 0.124. The lowest BCUT2D eigenvalue weighted by molar-refractivity contribution is 0.676. The minimum Gasteiger partial charge on any atom is -0.263 e. The van der Waals surface area contributed by atoms with Crippen LogP contribution in [-0.4, -0.2) is 7.62 Å². The molecule has 56 valence electrons. The quantitative estimate of drug-likeness (QED) is 0.310. The number of hydrogen-bond donors (Lipinski definition) is 1. The van der Waals surface area contributed by atoms with E-state index in [1.165, 1.54) is 0 Å². The van der Waals surface area contributed by atoms with E-state index in [1.807, 2.05) is 6.92 Å². The van der Waals surface area contributed by atoms with E-state index in [1.54, 1.807) is 21.6 Å². The molecule has 2 saturated heterocycles. The lowest BCUT2D eigenvalue weighted by Gasteiger charge is -1.99. The molecule has 1 nitrogen and oxygen atoms in total. The maximum atomic E-state index is 11.2. The molecule has 2 heterocycles. The van der Waals surface area contributed by atoms with Gasteiger partial charge in [-0.3, -0.25) is 4.21 Å². The zero-order valence-corrected chi connectivity index (χ0v) is 8.06. The molecule has 4 heteroatoms. The van der Waals surface area contributed by atoms with E-state index in [9.17, 15) is 4.21 Å². The van der Waals surface area contributed by atoms with E-state index in [0.717, 1.165) is 6.42 Å². The van der Waals surface area contributed by atoms with Gasteiger partial charge in [-0.1, -0.05) is 6.92 Å². The van der Waals surface area contributed by atoms with E-state index in [-0.39, 0.29) is 3.41 Å². The van der Waals surface area contributed by atoms with Gasteiger partial charge in [0.2, 0.25) is 0 Å². The molecule has 1 atom stereocenters. The first-order valence-electron chi connectivity index (χ1n) is 3.10. The van der Waals surface area contributed by atoms with Gasteiger partial charge in [-0.15, -0.1) is 12.3 Å². The summed E-state index contributed by atoms with van der Waals surface area (Å²) in [6.45, 7) is 2.01. The summed E-state index contributed by atoms with van der Waals surface area (Å²) in [6.07, 6.45) is 6.15. The van der Waals surface area contributed by atoms with Crippen molar-refractivity contribution in [1.82, 2.24) is 0 Å². The SMILES string of the molecule is C#CC(C)CC12S[SH]1(=O)S2. The van der Waals surface area contributed by atoms with Crippen LogP contribution in [-0.2, 0) is 8.00 Å². The Labute approximate surface area is 68.9 Å². The highest BCUT2D eigenvalue weighted by atomic mass is 33.6. The van der Waals surface area contributed by atoms with Crippen LogP contribution in [0.1, 0.15) is 13.3 Å². The van der Waals surface area contributed by atoms with Crippen LogP contribution in [0.4, 0.5) is 0 Å². The topological polar surface area (TPSA) is 17.1 Å². The fraction of sp³-hybridized carbons (Fsp3) is 0.667. The Bertz CT molecular complexity index is 255. The normalized spacial score (nSPS) is 44.4. The van der Waals surface area contributed by atoms with Crippen LogP contribution in [0.5, 0.6) is 0 Å². The molecular formula is C6H8OS3. The third-order valence-electron chi connectivity index (χ3n) is 1.73. The number of thiol groups is 1. The van der Waals surface area contributed by atoms with Gasteiger partial charge in [0.15, 0.2) is 3.41 Å². The molecule has 0 aromatic rings. The Morgan fingerprint density at radius 1 is 1.80 bits per heavy atom. The van der Waals surface area contributed by atoms with Crippen molar-refractivity contribution < 1.29 is 4.21 Å². The Balaban J connectivity index is 1.96. The highest BCUT2D eigenvalue weighted by Crippen LogP contribution is 2.94. The molecule has 2 fully saturated rings. The van der Waals surface area contributed by atoms with Gasteiger partial charge in [0.05, 0.1) is 0 Å². The minimum atomic E-state index is -1.68. The summed E-state index contributed by atoms with van der Waals surface area (Å²) in [5, 5.41) is 0. The van der Waals surface area contributed by atoms with Crippen molar-refractivity contribution in [1.29, 1.82) is 0 Å². The molecule has 0 amide bonds. The Kier molecular flexibility index (Phi) is 1.25. The Morgan fingerprint density at radius 2 is 2.30 bits per heavy atom. The summed E-state index contributed by atoms with van der Waals surface area (Å²) in [7, 11) is 1.59. The number of hydrogen-bond acceptors (Lipinski definition) is 3. The highest BCUT2D eigenvalue weighted by Gasteiger charge is 2.80. The van der Waals surface area contributed by atoms with E-state index in [4.69, 9.17) is 6.42 Å². The van der Waals surface area contributed by atoms with Crippen LogP contribution in [0.25, 0.3) is 0 Å². The fourth-order valence-corrected chi connectivity index (χ4v) is 11.6. The Morgan fingerprint density at radius 3 is 2.60 bits per heavy atom. The van der Waals surface area contributed by atoms with Crippen LogP contribution in [0.2, 0.25) is 0 Å². The standard InChI is InChI=1S/C6H8OS3/c1-3-5(2)4-6-8-10(6,7)9-6/h1,5,10H,4H2,2H3. The summed E-state index contributed by atoms with van der Waals surface area (Å²) in [5.74, 6) is 2.95. The molecule has 0 aromatic carbocycles. The lowest BCUT2D eigenvalue weighted by Crippen LogP contribution is -1.97. The van der Waals surface area contributed by atoms with Crippen molar-refractivity contribution in [2.45, 2.75) is 16.8 Å². The third kappa shape index (κ3) is 0.775. The van der Waals surface area contributed by atoms with Gasteiger partial charge < -0.3 is 0 Å². The zero-order chi connectivity index (χ0) is 7.41. The van der Waals surface area contributed by atoms with Gasteiger partial charge in [0.25, 0.3) is 0 Å². The molecule has 1 unspecified atom stereocenters. The predicted molar refractivity (Wildman–Crippen MR) is 50.1 cm³/mol. The summed E-state index contributed by atoms with van der Waals surface area (Å²) in [6, 6.07) is 0. The molecule has 0 aromatic heterocycles. The summed E-state index contributed by atoms with van der Waals surface area (Å²) in [5.41, 5.74) is 0. The van der Waals surface area contributed by atoms with Gasteiger partial charge in [-0.05, 0) is 28.0 Å². The second kappa shape index (κ2) is 1.77. The second-order valence-corrected chi connectivity index (χ2v) is 11.9. The molecule has 10 heavy (non-hydrogen) atoms. The fourth-order valence-electron chi connectivity index (χ4n) is 0.974. The third-order valence-corrected chi connectivity index (χ3v) is 12.9. The van der Waals surface area contributed by atoms with Crippen molar-refractivity contribution in [3.05, 3.63) is 0 Å². The average Bonchev–Trinajstić information content (AvgIpc) is 2.53. The molecule has 0 spiro atoms. The largest absolute Gasteiger partial charge is 0.263 e. The molecule has 2 aliphatic rings. The lowest BCUT2D eigenvalue weighted by atomic mass is 10.1. The highest BCUT2D eigenvalue weighted by molar-refractivity contribution is 9.38.